The van der Waals surface area contributed by atoms with Gasteiger partial charge in [-0.15, -0.1) is 0 Å². The van der Waals surface area contributed by atoms with Crippen LogP contribution in [-0.2, 0) is 14.2 Å². The first kappa shape index (κ1) is 8.93. The third kappa shape index (κ3) is 2.75. The monoisotopic (exact) mass is 162 g/mol. The van der Waals surface area contributed by atoms with Crippen LogP contribution in [0, 0.1) is 0 Å². The molecule has 0 spiro atoms. The Balaban J connectivity index is 2.21. The second kappa shape index (κ2) is 4.66. The highest BCUT2D eigenvalue weighted by Crippen LogP contribution is 2.07. The topological polar surface area (TPSA) is 47.9 Å². The van der Waals surface area contributed by atoms with Crippen molar-refractivity contribution in [3.8, 4) is 0 Å². The minimum absolute atomic E-state index is 0.0141. The predicted molar refractivity (Wildman–Crippen MR) is 38.4 cm³/mol. The quantitative estimate of drug-likeness (QED) is 0.602. The zero-order valence-electron chi connectivity index (χ0n) is 6.66. The fourth-order valence-electron chi connectivity index (χ4n) is 1.05. The molecule has 66 valence electrons. The van der Waals surface area contributed by atoms with Gasteiger partial charge in [0.2, 0.25) is 0 Å². The van der Waals surface area contributed by atoms with E-state index in [2.05, 4.69) is 0 Å². The first-order valence-corrected chi connectivity index (χ1v) is 3.69. The van der Waals surface area contributed by atoms with Crippen molar-refractivity contribution in [1.29, 1.82) is 0 Å². The number of methoxy groups -OCH3 is 1. The van der Waals surface area contributed by atoms with Crippen LogP contribution in [0.15, 0.2) is 0 Å². The summed E-state index contributed by atoms with van der Waals surface area (Å²) in [7, 11) is 1.62. The largest absolute Gasteiger partial charge is 0.394 e. The van der Waals surface area contributed by atoms with E-state index in [0.29, 0.717) is 19.8 Å². The van der Waals surface area contributed by atoms with Gasteiger partial charge in [-0.2, -0.15) is 0 Å². The van der Waals surface area contributed by atoms with Gasteiger partial charge in [-0.25, -0.2) is 0 Å². The number of hydrogen-bond acceptors (Lipinski definition) is 4. The summed E-state index contributed by atoms with van der Waals surface area (Å²) >= 11 is 0. The Hall–Kier alpha value is -0.160. The molecule has 0 bridgehead atoms. The van der Waals surface area contributed by atoms with Gasteiger partial charge in [0, 0.05) is 7.11 Å². The molecule has 0 aromatic rings. The molecule has 1 aliphatic rings. The molecule has 0 aromatic heterocycles. The molecule has 1 saturated heterocycles. The molecule has 1 aliphatic heterocycles. The standard InChI is InChI=1S/C7H14O4/c1-9-3-7-5-10-4-6(2-8)11-7/h6-8H,2-5H2,1H3. The lowest BCUT2D eigenvalue weighted by Gasteiger charge is -2.28. The highest BCUT2D eigenvalue weighted by molar-refractivity contribution is 4.66. The summed E-state index contributed by atoms with van der Waals surface area (Å²) in [6, 6.07) is 0. The summed E-state index contributed by atoms with van der Waals surface area (Å²) in [5, 5.41) is 8.73. The summed E-state index contributed by atoms with van der Waals surface area (Å²) in [5.74, 6) is 0. The van der Waals surface area contributed by atoms with E-state index in [1.165, 1.54) is 0 Å². The number of hydrogen-bond donors (Lipinski definition) is 1. The first-order valence-electron chi connectivity index (χ1n) is 3.69. The molecule has 11 heavy (non-hydrogen) atoms. The van der Waals surface area contributed by atoms with Crippen molar-refractivity contribution in [3.05, 3.63) is 0 Å². The molecule has 4 nitrogen and oxygen atoms in total. The van der Waals surface area contributed by atoms with E-state index in [1.54, 1.807) is 7.11 Å². The first-order chi connectivity index (χ1) is 5.36. The van der Waals surface area contributed by atoms with Crippen LogP contribution >= 0.6 is 0 Å². The van der Waals surface area contributed by atoms with Crippen molar-refractivity contribution in [2.75, 3.05) is 33.5 Å². The zero-order chi connectivity index (χ0) is 8.10. The molecule has 1 fully saturated rings. The molecular formula is C7H14O4. The van der Waals surface area contributed by atoms with Gasteiger partial charge in [-0.05, 0) is 0 Å². The lowest BCUT2D eigenvalue weighted by molar-refractivity contribution is -0.164. The van der Waals surface area contributed by atoms with Gasteiger partial charge in [0.1, 0.15) is 12.2 Å². The Bertz CT molecular complexity index is 105. The van der Waals surface area contributed by atoms with Crippen LogP contribution < -0.4 is 0 Å². The van der Waals surface area contributed by atoms with Gasteiger partial charge in [0.15, 0.2) is 0 Å². The van der Waals surface area contributed by atoms with Crippen LogP contribution in [0.5, 0.6) is 0 Å². The van der Waals surface area contributed by atoms with Crippen molar-refractivity contribution >= 4 is 0 Å². The summed E-state index contributed by atoms with van der Waals surface area (Å²) in [5.41, 5.74) is 0. The molecule has 2 unspecified atom stereocenters. The number of ether oxygens (including phenoxy) is 3. The van der Waals surface area contributed by atoms with Crippen molar-refractivity contribution in [2.24, 2.45) is 0 Å². The van der Waals surface area contributed by atoms with Crippen LogP contribution in [0.3, 0.4) is 0 Å². The Morgan fingerprint density at radius 1 is 1.45 bits per heavy atom. The molecule has 1 heterocycles. The molecule has 0 saturated carbocycles. The third-order valence-electron chi connectivity index (χ3n) is 1.55. The van der Waals surface area contributed by atoms with E-state index in [0.717, 1.165) is 0 Å². The maximum atomic E-state index is 8.73. The second-order valence-corrected chi connectivity index (χ2v) is 2.56. The molecule has 0 aromatic carbocycles. The van der Waals surface area contributed by atoms with Crippen molar-refractivity contribution in [1.82, 2.24) is 0 Å². The Morgan fingerprint density at radius 3 is 2.82 bits per heavy atom. The van der Waals surface area contributed by atoms with E-state index in [1.807, 2.05) is 0 Å². The van der Waals surface area contributed by atoms with E-state index >= 15 is 0 Å². The average molecular weight is 162 g/mol. The highest BCUT2D eigenvalue weighted by Gasteiger charge is 2.21. The summed E-state index contributed by atoms with van der Waals surface area (Å²) < 4.78 is 15.4. The summed E-state index contributed by atoms with van der Waals surface area (Å²) in [6.45, 7) is 1.58. The minimum Gasteiger partial charge on any atom is -0.394 e. The van der Waals surface area contributed by atoms with Gasteiger partial charge in [-0.3, -0.25) is 0 Å². The van der Waals surface area contributed by atoms with Crippen molar-refractivity contribution in [2.45, 2.75) is 12.2 Å². The Kier molecular flexibility index (Phi) is 3.79. The van der Waals surface area contributed by atoms with Crippen molar-refractivity contribution in [3.63, 3.8) is 0 Å². The fraction of sp³-hybridized carbons (Fsp3) is 1.00. The smallest absolute Gasteiger partial charge is 0.105 e. The van der Waals surface area contributed by atoms with Gasteiger partial charge in [0.25, 0.3) is 0 Å². The van der Waals surface area contributed by atoms with E-state index in [4.69, 9.17) is 19.3 Å². The number of aliphatic hydroxyl groups is 1. The normalized spacial score (nSPS) is 32.2. The Morgan fingerprint density at radius 2 is 2.18 bits per heavy atom. The van der Waals surface area contributed by atoms with E-state index < -0.39 is 0 Å². The second-order valence-electron chi connectivity index (χ2n) is 2.56. The highest BCUT2D eigenvalue weighted by atomic mass is 16.6. The van der Waals surface area contributed by atoms with Crippen LogP contribution in [0.1, 0.15) is 0 Å². The van der Waals surface area contributed by atoms with Gasteiger partial charge >= 0.3 is 0 Å². The summed E-state index contributed by atoms with van der Waals surface area (Å²) in [6.07, 6.45) is -0.199. The van der Waals surface area contributed by atoms with Crippen LogP contribution in [0.2, 0.25) is 0 Å². The van der Waals surface area contributed by atoms with Gasteiger partial charge < -0.3 is 19.3 Å². The third-order valence-corrected chi connectivity index (χ3v) is 1.55. The molecular weight excluding hydrogens is 148 g/mol. The number of aliphatic hydroxyl groups excluding tert-OH is 1. The molecule has 1 rings (SSSR count). The lowest BCUT2D eigenvalue weighted by atomic mass is 10.3. The van der Waals surface area contributed by atoms with E-state index in [-0.39, 0.29) is 18.8 Å². The average Bonchev–Trinajstić information content (AvgIpc) is 2.06. The van der Waals surface area contributed by atoms with Gasteiger partial charge in [0.05, 0.1) is 26.4 Å². The molecule has 2 atom stereocenters. The van der Waals surface area contributed by atoms with Crippen LogP contribution in [0.4, 0.5) is 0 Å². The molecule has 0 amide bonds. The SMILES string of the molecule is COCC1COCC(CO)O1. The van der Waals surface area contributed by atoms with E-state index in [9.17, 15) is 0 Å². The zero-order valence-corrected chi connectivity index (χ0v) is 6.66. The predicted octanol–water partition coefficient (Wildman–Crippen LogP) is -0.591. The van der Waals surface area contributed by atoms with Crippen LogP contribution in [-0.4, -0.2) is 50.9 Å². The molecule has 0 aliphatic carbocycles. The molecule has 0 radical (unpaired) electrons. The van der Waals surface area contributed by atoms with Crippen LogP contribution in [0.25, 0.3) is 0 Å². The molecule has 4 heteroatoms. The fourth-order valence-corrected chi connectivity index (χ4v) is 1.05. The van der Waals surface area contributed by atoms with Gasteiger partial charge in [-0.1, -0.05) is 0 Å². The maximum Gasteiger partial charge on any atom is 0.105 e. The number of rotatable bonds is 3. The molecule has 1 N–H and O–H groups in total. The summed E-state index contributed by atoms with van der Waals surface area (Å²) in [4.78, 5) is 0. The lowest BCUT2D eigenvalue weighted by Crippen LogP contribution is -2.40. The Labute approximate surface area is 66.1 Å². The maximum absolute atomic E-state index is 8.73. The van der Waals surface area contributed by atoms with Crippen molar-refractivity contribution < 1.29 is 19.3 Å². The minimum atomic E-state index is -0.177.